The Morgan fingerprint density at radius 1 is 1.10 bits per heavy atom. The molecule has 0 fully saturated rings. The fourth-order valence-electron chi connectivity index (χ4n) is 3.13. The van der Waals surface area contributed by atoms with Crippen LogP contribution in [0.1, 0.15) is 47.0 Å². The molecular formula is C20H42N4O4S. The van der Waals surface area contributed by atoms with Gasteiger partial charge in [0.2, 0.25) is 5.91 Å². The minimum atomic E-state index is -1.11. The predicted octanol–water partition coefficient (Wildman–Crippen LogP) is 0.546. The average molecular weight is 435 g/mol. The first-order valence-electron chi connectivity index (χ1n) is 10.6. The van der Waals surface area contributed by atoms with E-state index in [2.05, 4.69) is 37.1 Å². The highest BCUT2D eigenvalue weighted by atomic mass is 32.1. The number of carbonyl (C=O) groups is 2. The molecule has 0 aliphatic heterocycles. The van der Waals surface area contributed by atoms with E-state index in [1.807, 2.05) is 13.8 Å². The Hall–Kier alpha value is -0.870. The Balaban J connectivity index is 5.28. The van der Waals surface area contributed by atoms with Crippen molar-refractivity contribution in [2.75, 3.05) is 32.5 Å². The summed E-state index contributed by atoms with van der Waals surface area (Å²) in [6.45, 7) is 9.18. The third kappa shape index (κ3) is 9.65. The van der Waals surface area contributed by atoms with Gasteiger partial charge in [-0.15, -0.1) is 0 Å². The second kappa shape index (κ2) is 15.0. The quantitative estimate of drug-likeness (QED) is 0.196. The van der Waals surface area contributed by atoms with E-state index in [9.17, 15) is 14.7 Å². The van der Waals surface area contributed by atoms with Crippen molar-refractivity contribution in [1.29, 1.82) is 0 Å². The van der Waals surface area contributed by atoms with Crippen LogP contribution >= 0.6 is 12.6 Å². The summed E-state index contributed by atoms with van der Waals surface area (Å²) in [5.41, 5.74) is 5.97. The van der Waals surface area contributed by atoms with Gasteiger partial charge in [-0.25, -0.2) is 4.79 Å². The summed E-state index contributed by atoms with van der Waals surface area (Å²) in [6, 6.07) is -1.46. The van der Waals surface area contributed by atoms with Crippen LogP contribution in [-0.2, 0) is 9.59 Å². The second-order valence-corrected chi connectivity index (χ2v) is 8.29. The Morgan fingerprint density at radius 2 is 1.69 bits per heavy atom. The lowest BCUT2D eigenvalue weighted by Crippen LogP contribution is -2.56. The van der Waals surface area contributed by atoms with Gasteiger partial charge in [0, 0.05) is 51.0 Å². The summed E-state index contributed by atoms with van der Waals surface area (Å²) in [5.74, 6) is -0.381. The number of carbonyl (C=O) groups excluding carboxylic acids is 1. The number of nitrogens with two attached hydrogens (primary N) is 1. The van der Waals surface area contributed by atoms with Crippen LogP contribution in [0, 0.1) is 11.8 Å². The molecule has 29 heavy (non-hydrogen) atoms. The summed E-state index contributed by atoms with van der Waals surface area (Å²) in [6.07, 6.45) is 1.76. The second-order valence-electron chi connectivity index (χ2n) is 7.93. The molecule has 0 rings (SSSR count). The number of likely N-dealkylation sites (N-methyl/N-ethyl adjacent to an activating group) is 1. The van der Waals surface area contributed by atoms with Crippen LogP contribution in [0.5, 0.6) is 0 Å². The van der Waals surface area contributed by atoms with Gasteiger partial charge in [0.05, 0.1) is 6.04 Å². The number of hydrogen-bond acceptors (Lipinski definition) is 7. The number of aliphatic hydroxyl groups excluding tert-OH is 1. The van der Waals surface area contributed by atoms with Crippen LogP contribution in [-0.4, -0.2) is 83.7 Å². The van der Waals surface area contributed by atoms with Gasteiger partial charge >= 0.3 is 5.97 Å². The van der Waals surface area contributed by atoms with Gasteiger partial charge in [-0.2, -0.15) is 12.6 Å². The molecule has 0 aromatic rings. The number of rotatable bonds is 16. The topological polar surface area (TPSA) is 128 Å². The maximum atomic E-state index is 13.1. The van der Waals surface area contributed by atoms with Gasteiger partial charge in [0.25, 0.3) is 0 Å². The molecule has 0 saturated carbocycles. The van der Waals surface area contributed by atoms with Crippen LogP contribution in [0.4, 0.5) is 0 Å². The van der Waals surface area contributed by atoms with Crippen LogP contribution in [0.25, 0.3) is 0 Å². The number of nitrogens with zero attached hydrogens (tertiary/aromatic N) is 1. The smallest absolute Gasteiger partial charge is 0.326 e. The number of aliphatic hydroxyl groups is 1. The number of hydrogen-bond donors (Lipinski definition) is 6. The van der Waals surface area contributed by atoms with E-state index in [1.54, 1.807) is 0 Å². The summed E-state index contributed by atoms with van der Waals surface area (Å²) < 4.78 is 0. The Labute approximate surface area is 181 Å². The highest BCUT2D eigenvalue weighted by Gasteiger charge is 2.33. The molecular weight excluding hydrogens is 392 g/mol. The first-order valence-corrected chi connectivity index (χ1v) is 11.2. The van der Waals surface area contributed by atoms with E-state index >= 15 is 0 Å². The Bertz CT molecular complexity index is 483. The fourth-order valence-corrected chi connectivity index (χ4v) is 3.26. The van der Waals surface area contributed by atoms with Gasteiger partial charge < -0.3 is 31.5 Å². The molecule has 0 radical (unpaired) electrons. The van der Waals surface area contributed by atoms with E-state index in [1.165, 1.54) is 11.9 Å². The van der Waals surface area contributed by atoms with Crippen LogP contribution < -0.4 is 16.4 Å². The zero-order valence-corrected chi connectivity index (χ0v) is 19.5. The molecule has 8 nitrogen and oxygen atoms in total. The van der Waals surface area contributed by atoms with Crippen LogP contribution in [0.2, 0.25) is 0 Å². The van der Waals surface area contributed by atoms with E-state index < -0.39 is 18.1 Å². The van der Waals surface area contributed by atoms with Crippen molar-refractivity contribution in [3.8, 4) is 0 Å². The maximum Gasteiger partial charge on any atom is 0.326 e. The largest absolute Gasteiger partial charge is 0.480 e. The van der Waals surface area contributed by atoms with E-state index in [0.717, 1.165) is 12.8 Å². The number of thiol groups is 1. The van der Waals surface area contributed by atoms with E-state index in [4.69, 9.17) is 10.8 Å². The van der Waals surface area contributed by atoms with Crippen molar-refractivity contribution in [1.82, 2.24) is 15.5 Å². The molecule has 0 unspecified atom stereocenters. The van der Waals surface area contributed by atoms with Crippen molar-refractivity contribution in [2.45, 2.75) is 71.1 Å². The molecule has 1 amide bonds. The van der Waals surface area contributed by atoms with Gasteiger partial charge in [0.1, 0.15) is 6.04 Å². The SMILES string of the molecule is CC[C@H](C)[C@H](NC[C@@H](NC[C@@H](N)CS)[C@@H](C)CC)C(=O)N(C)[C@@H](CCO)C(=O)O. The molecule has 9 heteroatoms. The lowest BCUT2D eigenvalue weighted by Gasteiger charge is -2.34. The first kappa shape index (κ1) is 28.1. The molecule has 0 aliphatic carbocycles. The van der Waals surface area contributed by atoms with Crippen molar-refractivity contribution < 1.29 is 19.8 Å². The summed E-state index contributed by atoms with van der Waals surface area (Å²) in [7, 11) is 1.49. The molecule has 0 bridgehead atoms. The minimum Gasteiger partial charge on any atom is -0.480 e. The van der Waals surface area contributed by atoms with Gasteiger partial charge in [-0.05, 0) is 11.8 Å². The van der Waals surface area contributed by atoms with E-state index in [-0.39, 0.29) is 36.9 Å². The van der Waals surface area contributed by atoms with Crippen molar-refractivity contribution >= 4 is 24.5 Å². The maximum absolute atomic E-state index is 13.1. The Morgan fingerprint density at radius 3 is 2.14 bits per heavy atom. The molecule has 0 aromatic carbocycles. The number of carboxylic acids is 1. The molecule has 0 heterocycles. The van der Waals surface area contributed by atoms with E-state index in [0.29, 0.717) is 24.8 Å². The standard InChI is InChI=1S/C20H42N4O4S/c1-6-13(3)16(22-10-15(21)12-29)11-23-18(14(4)7-2)19(26)24(5)17(8-9-25)20(27)28/h13-18,22-23,25,29H,6-12,21H2,1-5H3,(H,27,28)/t13-,14-,15+,16+,17-,18-/m0/s1. The first-order chi connectivity index (χ1) is 13.6. The van der Waals surface area contributed by atoms with Gasteiger partial charge in [0.15, 0.2) is 0 Å². The number of carboxylic acid groups (broad SMARTS) is 1. The molecule has 6 N–H and O–H groups in total. The van der Waals surface area contributed by atoms with Gasteiger partial charge in [-0.3, -0.25) is 4.79 Å². The molecule has 6 atom stereocenters. The summed E-state index contributed by atoms with van der Waals surface area (Å²) >= 11 is 4.22. The van der Waals surface area contributed by atoms with Crippen molar-refractivity contribution in [3.63, 3.8) is 0 Å². The zero-order valence-electron chi connectivity index (χ0n) is 18.6. The number of nitrogens with one attached hydrogen (secondary N) is 2. The molecule has 0 saturated heterocycles. The number of amides is 1. The Kier molecular flexibility index (Phi) is 14.6. The molecule has 0 spiro atoms. The predicted molar refractivity (Wildman–Crippen MR) is 120 cm³/mol. The lowest BCUT2D eigenvalue weighted by molar-refractivity contribution is -0.151. The van der Waals surface area contributed by atoms with Crippen LogP contribution in [0.15, 0.2) is 0 Å². The zero-order chi connectivity index (χ0) is 22.6. The summed E-state index contributed by atoms with van der Waals surface area (Å²) in [5, 5.41) is 25.4. The molecule has 0 aliphatic rings. The highest BCUT2D eigenvalue weighted by molar-refractivity contribution is 7.80. The fraction of sp³-hybridized carbons (Fsp3) is 0.900. The minimum absolute atomic E-state index is 0.00344. The summed E-state index contributed by atoms with van der Waals surface area (Å²) in [4.78, 5) is 25.9. The third-order valence-corrected chi connectivity index (χ3v) is 6.22. The highest BCUT2D eigenvalue weighted by Crippen LogP contribution is 2.15. The van der Waals surface area contributed by atoms with Crippen LogP contribution in [0.3, 0.4) is 0 Å². The van der Waals surface area contributed by atoms with Crippen molar-refractivity contribution in [3.05, 3.63) is 0 Å². The monoisotopic (exact) mass is 434 g/mol. The molecule has 172 valence electrons. The lowest BCUT2D eigenvalue weighted by atomic mass is 9.94. The number of aliphatic carboxylic acids is 1. The molecule has 0 aromatic heterocycles. The van der Waals surface area contributed by atoms with Gasteiger partial charge in [-0.1, -0.05) is 40.5 Å². The van der Waals surface area contributed by atoms with Crippen molar-refractivity contribution in [2.24, 2.45) is 17.6 Å². The average Bonchev–Trinajstić information content (AvgIpc) is 2.71. The third-order valence-electron chi connectivity index (χ3n) is 5.75. The normalized spacial score (nSPS) is 17.8.